The Morgan fingerprint density at radius 2 is 2.00 bits per heavy atom. The smallest absolute Gasteiger partial charge is 0.351 e. The largest absolute Gasteiger partial charge is 0.462 e. The van der Waals surface area contributed by atoms with Crippen molar-refractivity contribution in [1.82, 2.24) is 14.6 Å². The van der Waals surface area contributed by atoms with E-state index in [4.69, 9.17) is 59.3 Å². The quantitative estimate of drug-likeness (QED) is 0.216. The van der Waals surface area contributed by atoms with Crippen LogP contribution in [0, 0.1) is 0 Å². The molecule has 0 bridgehead atoms. The third-order valence-electron chi connectivity index (χ3n) is 4.92. The number of alkyl halides is 2. The van der Waals surface area contributed by atoms with Gasteiger partial charge in [-0.1, -0.05) is 41.4 Å². The summed E-state index contributed by atoms with van der Waals surface area (Å²) in [7, 11) is 0. The molecule has 1 saturated heterocycles. The second-order valence-corrected chi connectivity index (χ2v) is 12.8. The van der Waals surface area contributed by atoms with Crippen LogP contribution >= 0.6 is 29.8 Å². The number of rotatable bonds is 10. The Balaban J connectivity index is 1.79. The minimum atomic E-state index is -3.42. The maximum absolute atomic E-state index is 12.4. The molecule has 11 nitrogen and oxygen atoms in total. The number of ether oxygens (including phenoxy) is 2. The standard InChI is InChI=1S/C21H27Cl2N4O7PS/c1-12(2)32-18(29)13(3)26-35(36,34-14-7-5-4-6-8-14)31-11-15-17(28)21(22,23)19(33-15)27-10-9-16(24)25-20(27)30/h4-10,12-13,15,17,19,28H,11H2,1-3H3,(H,26,36)(H2,24,25,30)/t13-,15+,17+,19+,35+/m0/s1. The first-order valence-electron chi connectivity index (χ1n) is 10.9. The summed E-state index contributed by atoms with van der Waals surface area (Å²) in [5.41, 5.74) is 4.76. The first kappa shape index (κ1) is 28.8. The molecule has 1 aromatic carbocycles. The van der Waals surface area contributed by atoms with Crippen molar-refractivity contribution in [2.24, 2.45) is 0 Å². The van der Waals surface area contributed by atoms with Gasteiger partial charge in [0.25, 0.3) is 0 Å². The number of aliphatic hydroxyl groups excluding tert-OH is 1. The number of nitrogens with zero attached hydrogens (tertiary/aromatic N) is 2. The number of nitrogen functional groups attached to an aromatic ring is 1. The van der Waals surface area contributed by atoms with Crippen LogP contribution in [0.4, 0.5) is 5.82 Å². The van der Waals surface area contributed by atoms with E-state index < -0.39 is 47.1 Å². The molecule has 2 heterocycles. The molecule has 0 spiro atoms. The first-order valence-corrected chi connectivity index (χ1v) is 14.3. The van der Waals surface area contributed by atoms with Gasteiger partial charge in [0.2, 0.25) is 0 Å². The Labute approximate surface area is 223 Å². The van der Waals surface area contributed by atoms with Crippen LogP contribution in [-0.2, 0) is 30.6 Å². The Hall–Kier alpha value is -1.76. The molecule has 0 unspecified atom stereocenters. The lowest BCUT2D eigenvalue weighted by Gasteiger charge is -2.28. The van der Waals surface area contributed by atoms with Crippen LogP contribution in [0.25, 0.3) is 0 Å². The number of hydrogen-bond donors (Lipinski definition) is 3. The Bertz CT molecular complexity index is 1170. The minimum absolute atomic E-state index is 0.000590. The maximum atomic E-state index is 12.4. The molecule has 198 valence electrons. The van der Waals surface area contributed by atoms with E-state index in [0.29, 0.717) is 5.75 Å². The number of para-hydroxylation sites is 1. The molecule has 0 saturated carbocycles. The van der Waals surface area contributed by atoms with E-state index in [1.807, 2.05) is 0 Å². The van der Waals surface area contributed by atoms with Gasteiger partial charge in [0.15, 0.2) is 10.6 Å². The highest BCUT2D eigenvalue weighted by molar-refractivity contribution is 8.09. The lowest BCUT2D eigenvalue weighted by atomic mass is 10.2. The highest BCUT2D eigenvalue weighted by atomic mass is 35.5. The molecule has 0 radical (unpaired) electrons. The van der Waals surface area contributed by atoms with Crippen LogP contribution in [0.2, 0.25) is 0 Å². The monoisotopic (exact) mass is 580 g/mol. The molecular formula is C21H27Cl2N4O7PS. The molecule has 36 heavy (non-hydrogen) atoms. The van der Waals surface area contributed by atoms with Crippen LogP contribution < -0.4 is 21.0 Å². The number of benzene rings is 1. The van der Waals surface area contributed by atoms with Crippen molar-refractivity contribution >= 4 is 53.4 Å². The van der Waals surface area contributed by atoms with E-state index >= 15 is 0 Å². The zero-order valence-electron chi connectivity index (χ0n) is 19.6. The molecule has 0 amide bonds. The summed E-state index contributed by atoms with van der Waals surface area (Å²) >= 11 is 18.4. The van der Waals surface area contributed by atoms with E-state index in [1.165, 1.54) is 12.3 Å². The van der Waals surface area contributed by atoms with Crippen LogP contribution in [0.5, 0.6) is 5.75 Å². The SMILES string of the molecule is CC(C)OC(=O)[C@H](C)N[P@@](=S)(OC[C@H]1O[C@@H](n2ccc(N)nc2=O)C(Cl)(Cl)[C@@H]1O)Oc1ccccc1. The minimum Gasteiger partial charge on any atom is -0.462 e. The van der Waals surface area contributed by atoms with Crippen molar-refractivity contribution in [2.75, 3.05) is 12.3 Å². The summed E-state index contributed by atoms with van der Waals surface area (Å²) in [5, 5.41) is 13.7. The second kappa shape index (κ2) is 11.7. The Kier molecular flexibility index (Phi) is 9.40. The third-order valence-corrected chi connectivity index (χ3v) is 8.24. The molecular weight excluding hydrogens is 554 g/mol. The average Bonchev–Trinajstić information content (AvgIpc) is 3.01. The first-order chi connectivity index (χ1) is 16.8. The topological polar surface area (TPSA) is 147 Å². The van der Waals surface area contributed by atoms with E-state index in [0.717, 1.165) is 4.57 Å². The molecule has 15 heteroatoms. The number of nitrogens with one attached hydrogen (secondary N) is 1. The summed E-state index contributed by atoms with van der Waals surface area (Å²) in [6.45, 7) is 1.25. The van der Waals surface area contributed by atoms with Gasteiger partial charge in [0.1, 0.15) is 29.8 Å². The van der Waals surface area contributed by atoms with Crippen molar-refractivity contribution in [3.63, 3.8) is 0 Å². The summed E-state index contributed by atoms with van der Waals surface area (Å²) in [6.07, 6.45) is -2.93. The lowest BCUT2D eigenvalue weighted by Crippen LogP contribution is -2.40. The van der Waals surface area contributed by atoms with Crippen molar-refractivity contribution < 1.29 is 28.4 Å². The molecule has 1 aliphatic rings. The van der Waals surface area contributed by atoms with Gasteiger partial charge >= 0.3 is 18.3 Å². The van der Waals surface area contributed by atoms with Crippen molar-refractivity contribution in [2.45, 2.75) is 55.7 Å². The average molecular weight is 581 g/mol. The van der Waals surface area contributed by atoms with Crippen molar-refractivity contribution in [3.05, 3.63) is 53.1 Å². The van der Waals surface area contributed by atoms with E-state index in [2.05, 4.69) is 10.1 Å². The third kappa shape index (κ3) is 6.96. The van der Waals surface area contributed by atoms with Gasteiger partial charge in [-0.2, -0.15) is 4.98 Å². The fourth-order valence-corrected chi connectivity index (χ4v) is 6.23. The van der Waals surface area contributed by atoms with Crippen molar-refractivity contribution in [3.8, 4) is 5.75 Å². The number of hydrogen-bond acceptors (Lipinski definition) is 10. The highest BCUT2D eigenvalue weighted by Crippen LogP contribution is 2.49. The predicted molar refractivity (Wildman–Crippen MR) is 138 cm³/mol. The van der Waals surface area contributed by atoms with Crippen LogP contribution in [-0.4, -0.2) is 55.9 Å². The number of carbonyl (C=O) groups excluding carboxylic acids is 1. The number of aliphatic hydroxyl groups is 1. The summed E-state index contributed by atoms with van der Waals surface area (Å²) < 4.78 is 21.9. The van der Waals surface area contributed by atoms with Crippen LogP contribution in [0.1, 0.15) is 27.0 Å². The Morgan fingerprint density at radius 1 is 1.33 bits per heavy atom. The van der Waals surface area contributed by atoms with Crippen LogP contribution in [0.15, 0.2) is 47.4 Å². The van der Waals surface area contributed by atoms with Crippen molar-refractivity contribution in [1.29, 1.82) is 0 Å². The van der Waals surface area contributed by atoms with E-state index in [1.54, 1.807) is 51.1 Å². The summed E-state index contributed by atoms with van der Waals surface area (Å²) in [6, 6.07) is 9.11. The molecule has 5 atom stereocenters. The number of halogens is 2. The maximum Gasteiger partial charge on any atom is 0.351 e. The highest BCUT2D eigenvalue weighted by Gasteiger charge is 2.56. The zero-order valence-corrected chi connectivity index (χ0v) is 22.8. The molecule has 0 aliphatic carbocycles. The number of carbonyl (C=O) groups is 1. The number of esters is 1. The fraction of sp³-hybridized carbons (Fsp3) is 0.476. The summed E-state index contributed by atoms with van der Waals surface area (Å²) in [4.78, 5) is 28.3. The van der Waals surface area contributed by atoms with E-state index in [9.17, 15) is 14.7 Å². The number of aromatic nitrogens is 2. The van der Waals surface area contributed by atoms with Gasteiger partial charge in [-0.15, -0.1) is 0 Å². The molecule has 1 aliphatic heterocycles. The number of anilines is 1. The van der Waals surface area contributed by atoms with Gasteiger partial charge in [-0.3, -0.25) is 9.36 Å². The molecule has 1 aromatic heterocycles. The molecule has 2 aromatic rings. The Morgan fingerprint density at radius 3 is 2.61 bits per heavy atom. The fourth-order valence-electron chi connectivity index (χ4n) is 3.22. The normalized spacial score (nSPS) is 23.7. The second-order valence-electron chi connectivity index (χ2n) is 8.22. The van der Waals surface area contributed by atoms with Gasteiger partial charge in [-0.25, -0.2) is 9.88 Å². The molecule has 3 rings (SSSR count). The van der Waals surface area contributed by atoms with Gasteiger partial charge in [0, 0.05) is 6.20 Å². The van der Waals surface area contributed by atoms with Gasteiger partial charge in [-0.05, 0) is 50.8 Å². The molecule has 1 fully saturated rings. The zero-order chi connectivity index (χ0) is 26.7. The van der Waals surface area contributed by atoms with Gasteiger partial charge < -0.3 is 29.4 Å². The van der Waals surface area contributed by atoms with Gasteiger partial charge in [0.05, 0.1) is 12.7 Å². The van der Waals surface area contributed by atoms with E-state index in [-0.39, 0.29) is 18.5 Å². The van der Waals surface area contributed by atoms with Crippen LogP contribution in [0.3, 0.4) is 0 Å². The lowest BCUT2D eigenvalue weighted by molar-refractivity contribution is -0.149. The summed E-state index contributed by atoms with van der Waals surface area (Å²) in [5.74, 6) is -0.154. The molecule has 4 N–H and O–H groups in total. The number of nitrogens with two attached hydrogens (primary N) is 1. The predicted octanol–water partition coefficient (Wildman–Crippen LogP) is 2.51.